The largest absolute Gasteiger partial charge is 0.454 e. The molecule has 0 spiro atoms. The molecule has 0 amide bonds. The predicted molar refractivity (Wildman–Crippen MR) is 122 cm³/mol. The Bertz CT molecular complexity index is 882. The minimum absolute atomic E-state index is 0.231. The molecule has 180 valence electrons. The molecule has 0 radical (unpaired) electrons. The van der Waals surface area contributed by atoms with E-state index in [2.05, 4.69) is 30.5 Å². The number of morpholine rings is 1. The molecule has 4 N–H and O–H groups in total. The number of fused-ring (bicyclic) bond motifs is 1. The highest BCUT2D eigenvalue weighted by Gasteiger charge is 2.19. The van der Waals surface area contributed by atoms with Crippen molar-refractivity contribution in [3.63, 3.8) is 0 Å². The van der Waals surface area contributed by atoms with Crippen LogP contribution in [-0.2, 0) is 20.8 Å². The highest BCUT2D eigenvalue weighted by molar-refractivity contribution is 5.50. The van der Waals surface area contributed by atoms with Gasteiger partial charge in [0, 0.05) is 38.3 Å². The van der Waals surface area contributed by atoms with Crippen LogP contribution in [0.25, 0.3) is 0 Å². The summed E-state index contributed by atoms with van der Waals surface area (Å²) in [4.78, 5) is 15.8. The fraction of sp³-hybridized carbons (Fsp3) is 0.571. The van der Waals surface area contributed by atoms with E-state index in [0.29, 0.717) is 77.1 Å². The lowest BCUT2D eigenvalue weighted by Crippen LogP contribution is -2.37. The van der Waals surface area contributed by atoms with Crippen LogP contribution < -0.4 is 30.7 Å². The summed E-state index contributed by atoms with van der Waals surface area (Å²) in [6.07, 6.45) is 0. The lowest BCUT2D eigenvalue weighted by Gasteiger charge is -2.27. The van der Waals surface area contributed by atoms with Crippen LogP contribution in [0.1, 0.15) is 5.56 Å². The zero-order valence-corrected chi connectivity index (χ0v) is 18.6. The predicted octanol–water partition coefficient (Wildman–Crippen LogP) is 0.453. The molecule has 0 atom stereocenters. The van der Waals surface area contributed by atoms with E-state index in [1.54, 1.807) is 0 Å². The molecule has 12 nitrogen and oxygen atoms in total. The van der Waals surface area contributed by atoms with E-state index in [1.807, 2.05) is 18.2 Å². The van der Waals surface area contributed by atoms with Gasteiger partial charge in [-0.15, -0.1) is 0 Å². The van der Waals surface area contributed by atoms with Crippen molar-refractivity contribution in [2.45, 2.75) is 6.54 Å². The highest BCUT2D eigenvalue weighted by Crippen LogP contribution is 2.35. The minimum Gasteiger partial charge on any atom is -0.454 e. The first-order chi connectivity index (χ1) is 16.3. The van der Waals surface area contributed by atoms with Gasteiger partial charge in [-0.2, -0.15) is 15.0 Å². The molecular formula is C21H31N7O5. The Morgan fingerprint density at radius 2 is 1.73 bits per heavy atom. The quantitative estimate of drug-likeness (QED) is 0.357. The third-order valence-corrected chi connectivity index (χ3v) is 5.00. The Kier molecular flexibility index (Phi) is 8.69. The molecule has 0 bridgehead atoms. The summed E-state index contributed by atoms with van der Waals surface area (Å²) in [5.74, 6) is 3.05. The van der Waals surface area contributed by atoms with E-state index in [-0.39, 0.29) is 6.79 Å². The maximum absolute atomic E-state index is 5.59. The Labute approximate surface area is 192 Å². The fourth-order valence-corrected chi connectivity index (χ4v) is 3.37. The van der Waals surface area contributed by atoms with Crippen LogP contribution in [0.15, 0.2) is 18.2 Å². The lowest BCUT2D eigenvalue weighted by atomic mass is 10.2. The highest BCUT2D eigenvalue weighted by atomic mass is 16.7. The van der Waals surface area contributed by atoms with Crippen molar-refractivity contribution < 1.29 is 23.7 Å². The Hall–Kier alpha value is -2.93. The molecule has 1 fully saturated rings. The van der Waals surface area contributed by atoms with Crippen molar-refractivity contribution in [3.8, 4) is 11.5 Å². The molecule has 0 unspecified atom stereocenters. The number of para-hydroxylation sites is 1. The van der Waals surface area contributed by atoms with Gasteiger partial charge >= 0.3 is 0 Å². The summed E-state index contributed by atoms with van der Waals surface area (Å²) < 4.78 is 27.3. The molecule has 2 aliphatic rings. The fourth-order valence-electron chi connectivity index (χ4n) is 3.37. The number of nitrogens with one attached hydrogen (secondary N) is 2. The second-order valence-corrected chi connectivity index (χ2v) is 7.33. The van der Waals surface area contributed by atoms with Crippen LogP contribution in [0.5, 0.6) is 11.5 Å². The van der Waals surface area contributed by atoms with Gasteiger partial charge in [0.2, 0.25) is 24.6 Å². The van der Waals surface area contributed by atoms with Crippen LogP contribution in [-0.4, -0.2) is 87.6 Å². The van der Waals surface area contributed by atoms with Gasteiger partial charge in [0.05, 0.1) is 39.6 Å². The summed E-state index contributed by atoms with van der Waals surface area (Å²) in [7, 11) is 0. The number of nitrogens with two attached hydrogens (primary N) is 1. The molecule has 12 heteroatoms. The van der Waals surface area contributed by atoms with E-state index in [1.165, 1.54) is 0 Å². The maximum Gasteiger partial charge on any atom is 0.232 e. The number of anilines is 3. The average molecular weight is 462 g/mol. The van der Waals surface area contributed by atoms with Crippen molar-refractivity contribution in [2.24, 2.45) is 5.73 Å². The molecule has 3 heterocycles. The Morgan fingerprint density at radius 1 is 0.939 bits per heavy atom. The number of rotatable bonds is 13. The number of aromatic nitrogens is 3. The standard InChI is InChI=1S/C21H31N7O5/c22-4-8-29-12-13-30-9-5-23-19-25-20(27-21(26-19)28-6-10-31-11-7-28)24-14-16-2-1-3-17-18(16)33-15-32-17/h1-3H,4-15,22H2,(H2,23,24,25,26,27). The molecule has 0 saturated carbocycles. The van der Waals surface area contributed by atoms with E-state index in [0.717, 1.165) is 30.2 Å². The molecular weight excluding hydrogens is 430 g/mol. The van der Waals surface area contributed by atoms with Crippen LogP contribution in [0, 0.1) is 0 Å². The summed E-state index contributed by atoms with van der Waals surface area (Å²) >= 11 is 0. The second kappa shape index (κ2) is 12.3. The number of ether oxygens (including phenoxy) is 5. The van der Waals surface area contributed by atoms with Gasteiger partial charge in [-0.3, -0.25) is 0 Å². The van der Waals surface area contributed by atoms with Gasteiger partial charge in [-0.1, -0.05) is 12.1 Å². The van der Waals surface area contributed by atoms with Crippen LogP contribution >= 0.6 is 0 Å². The van der Waals surface area contributed by atoms with Crippen molar-refractivity contribution in [1.29, 1.82) is 0 Å². The molecule has 1 saturated heterocycles. The first kappa shape index (κ1) is 23.2. The first-order valence-corrected chi connectivity index (χ1v) is 11.1. The molecule has 33 heavy (non-hydrogen) atoms. The normalized spacial score (nSPS) is 15.0. The molecule has 1 aromatic carbocycles. The minimum atomic E-state index is 0.231. The van der Waals surface area contributed by atoms with Crippen molar-refractivity contribution in [2.75, 3.05) is 88.1 Å². The third kappa shape index (κ3) is 6.78. The topological polar surface area (TPSA) is 138 Å². The van der Waals surface area contributed by atoms with E-state index < -0.39 is 0 Å². The van der Waals surface area contributed by atoms with E-state index >= 15 is 0 Å². The molecule has 2 aliphatic heterocycles. The number of benzene rings is 1. The molecule has 1 aromatic heterocycles. The average Bonchev–Trinajstić information content (AvgIpc) is 3.34. The summed E-state index contributed by atoms with van der Waals surface area (Å²) in [5.41, 5.74) is 6.36. The lowest BCUT2D eigenvalue weighted by molar-refractivity contribution is 0.0547. The molecule has 4 rings (SSSR count). The van der Waals surface area contributed by atoms with Crippen molar-refractivity contribution in [1.82, 2.24) is 15.0 Å². The second-order valence-electron chi connectivity index (χ2n) is 7.33. The van der Waals surface area contributed by atoms with Crippen LogP contribution in [0.2, 0.25) is 0 Å². The summed E-state index contributed by atoms with van der Waals surface area (Å²) in [5, 5.41) is 6.50. The van der Waals surface area contributed by atoms with Gasteiger partial charge in [0.25, 0.3) is 0 Å². The Balaban J connectivity index is 1.36. The monoisotopic (exact) mass is 461 g/mol. The van der Waals surface area contributed by atoms with E-state index in [4.69, 9.17) is 29.4 Å². The van der Waals surface area contributed by atoms with Crippen LogP contribution in [0.3, 0.4) is 0 Å². The zero-order valence-electron chi connectivity index (χ0n) is 18.6. The van der Waals surface area contributed by atoms with Crippen LogP contribution in [0.4, 0.5) is 17.8 Å². The van der Waals surface area contributed by atoms with Gasteiger partial charge in [0.1, 0.15) is 0 Å². The summed E-state index contributed by atoms with van der Waals surface area (Å²) in [6.45, 7) is 6.61. The van der Waals surface area contributed by atoms with Gasteiger partial charge in [-0.05, 0) is 6.07 Å². The number of hydrogen-bond acceptors (Lipinski definition) is 12. The van der Waals surface area contributed by atoms with Crippen molar-refractivity contribution in [3.05, 3.63) is 23.8 Å². The molecule has 0 aliphatic carbocycles. The number of hydrogen-bond donors (Lipinski definition) is 3. The van der Waals surface area contributed by atoms with Crippen molar-refractivity contribution >= 4 is 17.8 Å². The molecule has 2 aromatic rings. The SMILES string of the molecule is NCCOCCOCCNc1nc(NCc2cccc3c2OCO3)nc(N2CCOCC2)n1. The third-order valence-electron chi connectivity index (χ3n) is 5.00. The summed E-state index contributed by atoms with van der Waals surface area (Å²) in [6, 6.07) is 5.81. The first-order valence-electron chi connectivity index (χ1n) is 11.1. The van der Waals surface area contributed by atoms with Gasteiger partial charge in [0.15, 0.2) is 11.5 Å². The number of nitrogens with zero attached hydrogens (tertiary/aromatic N) is 4. The maximum atomic E-state index is 5.59. The van der Waals surface area contributed by atoms with E-state index in [9.17, 15) is 0 Å². The smallest absolute Gasteiger partial charge is 0.232 e. The van der Waals surface area contributed by atoms with Gasteiger partial charge in [-0.25, -0.2) is 0 Å². The van der Waals surface area contributed by atoms with Gasteiger partial charge < -0.3 is 45.0 Å². The Morgan fingerprint density at radius 3 is 2.55 bits per heavy atom. The zero-order chi connectivity index (χ0) is 22.7.